The van der Waals surface area contributed by atoms with Gasteiger partial charge in [-0.2, -0.15) is 0 Å². The average Bonchev–Trinajstić information content (AvgIpc) is 2.21. The number of halogens is 1. The van der Waals surface area contributed by atoms with Crippen LogP contribution in [0.5, 0.6) is 0 Å². The summed E-state index contributed by atoms with van der Waals surface area (Å²) in [5, 5.41) is 10.8. The lowest BCUT2D eigenvalue weighted by Gasteiger charge is -2.06. The number of nitrogens with two attached hydrogens (primary N) is 1. The van der Waals surface area contributed by atoms with Crippen molar-refractivity contribution in [3.63, 3.8) is 0 Å². The highest BCUT2D eigenvalue weighted by Crippen LogP contribution is 2.30. The minimum Gasteiger partial charge on any atom is -0.466 e. The molecule has 0 aliphatic rings. The van der Waals surface area contributed by atoms with Gasteiger partial charge in [0.05, 0.1) is 23.5 Å². The molecule has 1 aromatic rings. The van der Waals surface area contributed by atoms with Gasteiger partial charge in [0, 0.05) is 16.2 Å². The molecule has 0 aliphatic carbocycles. The van der Waals surface area contributed by atoms with Gasteiger partial charge in [-0.15, -0.1) is 0 Å². The summed E-state index contributed by atoms with van der Waals surface area (Å²) in [6.07, 6.45) is -0.162. The van der Waals surface area contributed by atoms with Crippen molar-refractivity contribution in [3.05, 3.63) is 32.3 Å². The Bertz CT molecular complexity index is 462. The van der Waals surface area contributed by atoms with Gasteiger partial charge < -0.3 is 10.5 Å². The van der Waals surface area contributed by atoms with E-state index in [0.717, 1.165) is 0 Å². The van der Waals surface area contributed by atoms with Crippen molar-refractivity contribution in [2.24, 2.45) is 0 Å². The summed E-state index contributed by atoms with van der Waals surface area (Å²) >= 11 is 3.15. The maximum Gasteiger partial charge on any atom is 0.310 e. The van der Waals surface area contributed by atoms with E-state index in [1.54, 1.807) is 6.92 Å². The van der Waals surface area contributed by atoms with Gasteiger partial charge in [0.2, 0.25) is 0 Å². The number of rotatable bonds is 4. The molecule has 0 radical (unpaired) electrons. The highest BCUT2D eigenvalue weighted by atomic mass is 79.9. The van der Waals surface area contributed by atoms with E-state index in [4.69, 9.17) is 10.5 Å². The van der Waals surface area contributed by atoms with Crippen LogP contribution in [0.2, 0.25) is 0 Å². The molecule has 0 unspecified atom stereocenters. The fraction of sp³-hybridized carbons (Fsp3) is 0.300. The first-order valence-corrected chi connectivity index (χ1v) is 5.63. The Labute approximate surface area is 106 Å². The maximum absolute atomic E-state index is 11.3. The third kappa shape index (κ3) is 3.42. The number of carbonyl (C=O) groups excluding carboxylic acids is 1. The van der Waals surface area contributed by atoms with Crippen LogP contribution >= 0.6 is 15.9 Å². The maximum atomic E-state index is 11.3. The van der Waals surface area contributed by atoms with E-state index in [-0.39, 0.29) is 30.0 Å². The molecular weight excluding hydrogens is 292 g/mol. The molecule has 0 fully saturated rings. The van der Waals surface area contributed by atoms with Gasteiger partial charge in [-0.1, -0.05) is 15.9 Å². The van der Waals surface area contributed by atoms with Crippen LogP contribution in [-0.4, -0.2) is 17.5 Å². The number of nitrogens with zero attached hydrogens (tertiary/aromatic N) is 1. The Hall–Kier alpha value is -1.63. The Morgan fingerprint density at radius 1 is 1.59 bits per heavy atom. The lowest BCUT2D eigenvalue weighted by atomic mass is 10.1. The van der Waals surface area contributed by atoms with Crippen molar-refractivity contribution < 1.29 is 14.5 Å². The number of nitro groups is 1. The number of hydrogen-bond acceptors (Lipinski definition) is 5. The van der Waals surface area contributed by atoms with Crippen molar-refractivity contribution in [2.75, 3.05) is 12.3 Å². The van der Waals surface area contributed by atoms with Crippen LogP contribution in [0.25, 0.3) is 0 Å². The smallest absolute Gasteiger partial charge is 0.310 e. The summed E-state index contributed by atoms with van der Waals surface area (Å²) in [5.41, 5.74) is 5.84. The Morgan fingerprint density at radius 3 is 2.76 bits per heavy atom. The topological polar surface area (TPSA) is 95.5 Å². The molecule has 0 atom stereocenters. The first-order valence-electron chi connectivity index (χ1n) is 4.83. The minimum absolute atomic E-state index is 0.162. The quantitative estimate of drug-likeness (QED) is 0.397. The van der Waals surface area contributed by atoms with Gasteiger partial charge in [-0.25, -0.2) is 0 Å². The predicted octanol–water partition coefficient (Wildman–Crippen LogP) is 2.05. The molecule has 6 nitrogen and oxygen atoms in total. The van der Waals surface area contributed by atoms with Crippen LogP contribution in [-0.2, 0) is 16.0 Å². The Kier molecular flexibility index (Phi) is 4.45. The standard InChI is InChI=1S/C10H11BrN2O4/c1-2-17-10(14)5-7-8(11)3-6(12)4-9(7)13(15)16/h3-4H,2,5,12H2,1H3. The van der Waals surface area contributed by atoms with E-state index in [9.17, 15) is 14.9 Å². The van der Waals surface area contributed by atoms with E-state index >= 15 is 0 Å². The van der Waals surface area contributed by atoms with E-state index in [2.05, 4.69) is 15.9 Å². The summed E-state index contributed by atoms with van der Waals surface area (Å²) in [4.78, 5) is 21.6. The number of hydrogen-bond donors (Lipinski definition) is 1. The molecule has 0 aliphatic heterocycles. The van der Waals surface area contributed by atoms with Crippen LogP contribution in [0.4, 0.5) is 11.4 Å². The number of anilines is 1. The fourth-order valence-electron chi connectivity index (χ4n) is 1.34. The third-order valence-electron chi connectivity index (χ3n) is 2.02. The van der Waals surface area contributed by atoms with E-state index in [1.165, 1.54) is 12.1 Å². The number of carbonyl (C=O) groups is 1. The molecule has 0 aromatic heterocycles. The molecule has 0 amide bonds. The summed E-state index contributed by atoms with van der Waals surface area (Å²) < 4.78 is 5.18. The molecule has 0 saturated heterocycles. The zero-order valence-corrected chi connectivity index (χ0v) is 10.7. The van der Waals surface area contributed by atoms with Crippen molar-refractivity contribution in [2.45, 2.75) is 13.3 Å². The van der Waals surface area contributed by atoms with E-state index in [1.807, 2.05) is 0 Å². The average molecular weight is 303 g/mol. The molecule has 17 heavy (non-hydrogen) atoms. The number of esters is 1. The fourth-order valence-corrected chi connectivity index (χ4v) is 1.94. The van der Waals surface area contributed by atoms with Crippen LogP contribution in [0, 0.1) is 10.1 Å². The molecule has 92 valence electrons. The number of nitro benzene ring substituents is 1. The van der Waals surface area contributed by atoms with Crippen LogP contribution in [0.15, 0.2) is 16.6 Å². The second-order valence-corrected chi connectivity index (χ2v) is 4.09. The largest absolute Gasteiger partial charge is 0.466 e. The zero-order valence-electron chi connectivity index (χ0n) is 9.10. The van der Waals surface area contributed by atoms with Gasteiger partial charge >= 0.3 is 5.97 Å². The number of benzene rings is 1. The monoisotopic (exact) mass is 302 g/mol. The summed E-state index contributed by atoms with van der Waals surface area (Å²) in [6.45, 7) is 1.91. The lowest BCUT2D eigenvalue weighted by molar-refractivity contribution is -0.385. The van der Waals surface area contributed by atoms with Crippen molar-refractivity contribution in [3.8, 4) is 0 Å². The molecule has 0 bridgehead atoms. The SMILES string of the molecule is CCOC(=O)Cc1c(Br)cc(N)cc1[N+](=O)[O-]. The summed E-state index contributed by atoms with van der Waals surface area (Å²) in [7, 11) is 0. The minimum atomic E-state index is -0.574. The molecule has 2 N–H and O–H groups in total. The summed E-state index contributed by atoms with van der Waals surface area (Å²) in [5.74, 6) is -0.513. The van der Waals surface area contributed by atoms with E-state index in [0.29, 0.717) is 4.47 Å². The highest BCUT2D eigenvalue weighted by Gasteiger charge is 2.20. The molecule has 1 rings (SSSR count). The molecular formula is C10H11BrN2O4. The van der Waals surface area contributed by atoms with Crippen molar-refractivity contribution >= 4 is 33.3 Å². The Balaban J connectivity index is 3.12. The van der Waals surface area contributed by atoms with Crippen LogP contribution in [0.1, 0.15) is 12.5 Å². The second kappa shape index (κ2) is 5.62. The zero-order chi connectivity index (χ0) is 13.0. The molecule has 7 heteroatoms. The van der Waals surface area contributed by atoms with Gasteiger partial charge in [0.15, 0.2) is 0 Å². The van der Waals surface area contributed by atoms with Gasteiger partial charge in [-0.3, -0.25) is 14.9 Å². The Morgan fingerprint density at radius 2 is 2.24 bits per heavy atom. The van der Waals surface area contributed by atoms with E-state index < -0.39 is 10.9 Å². The number of ether oxygens (including phenoxy) is 1. The highest BCUT2D eigenvalue weighted by molar-refractivity contribution is 9.10. The normalized spacial score (nSPS) is 10.0. The van der Waals surface area contributed by atoms with Gasteiger partial charge in [0.25, 0.3) is 5.69 Å². The summed E-state index contributed by atoms with van der Waals surface area (Å²) in [6, 6.07) is 2.74. The van der Waals surface area contributed by atoms with Gasteiger partial charge in [0.1, 0.15) is 0 Å². The molecule has 1 aromatic carbocycles. The molecule has 0 spiro atoms. The molecule has 0 heterocycles. The third-order valence-corrected chi connectivity index (χ3v) is 2.72. The first-order chi connectivity index (χ1) is 7.95. The predicted molar refractivity (Wildman–Crippen MR) is 65.5 cm³/mol. The number of nitrogen functional groups attached to an aromatic ring is 1. The van der Waals surface area contributed by atoms with Crippen molar-refractivity contribution in [1.29, 1.82) is 0 Å². The van der Waals surface area contributed by atoms with Crippen molar-refractivity contribution in [1.82, 2.24) is 0 Å². The van der Waals surface area contributed by atoms with Crippen LogP contribution < -0.4 is 5.73 Å². The lowest BCUT2D eigenvalue weighted by Crippen LogP contribution is -2.10. The second-order valence-electron chi connectivity index (χ2n) is 3.24. The molecule has 0 saturated carbocycles. The first kappa shape index (κ1) is 13.4. The van der Waals surface area contributed by atoms with Gasteiger partial charge in [-0.05, 0) is 13.0 Å². The van der Waals surface area contributed by atoms with Crippen LogP contribution in [0.3, 0.4) is 0 Å².